The summed E-state index contributed by atoms with van der Waals surface area (Å²) in [6, 6.07) is 0. The Morgan fingerprint density at radius 2 is 1.53 bits per heavy atom. The molecule has 17 heavy (non-hydrogen) atoms. The summed E-state index contributed by atoms with van der Waals surface area (Å²) in [5.41, 5.74) is 0. The Hall–Kier alpha value is -0.136. The van der Waals surface area contributed by atoms with Gasteiger partial charge < -0.3 is 8.85 Å². The van der Waals surface area contributed by atoms with E-state index in [2.05, 4.69) is 26.6 Å². The number of hydrogen-bond donors (Lipinski definition) is 0. The van der Waals surface area contributed by atoms with Gasteiger partial charge in [0.05, 0.1) is 12.0 Å². The number of hydrogen-bond acceptors (Lipinski definition) is 3. The molecule has 0 fully saturated rings. The van der Waals surface area contributed by atoms with Gasteiger partial charge in [0.15, 0.2) is 8.32 Å². The molecule has 0 saturated heterocycles. The van der Waals surface area contributed by atoms with Gasteiger partial charge >= 0.3 is 0 Å². The number of rotatable bonds is 6. The maximum absolute atomic E-state index is 12.0. The molecule has 0 aromatic heterocycles. The minimum absolute atomic E-state index is 0.00878. The van der Waals surface area contributed by atoms with Gasteiger partial charge in [0, 0.05) is 0 Å². The summed E-state index contributed by atoms with van der Waals surface area (Å²) in [5, 5.41) is 0. The summed E-state index contributed by atoms with van der Waals surface area (Å²) in [6.07, 6.45) is 0.845. The molecule has 0 N–H and O–H groups in total. The Bertz CT molecular complexity index is 253. The smallest absolute Gasteiger partial charge is 0.297 e. The molecule has 5 heteroatoms. The summed E-state index contributed by atoms with van der Waals surface area (Å²) in [7, 11) is -3.40. The van der Waals surface area contributed by atoms with Gasteiger partial charge in [0.25, 0.3) is 5.97 Å². The zero-order valence-electron chi connectivity index (χ0n) is 12.6. The van der Waals surface area contributed by atoms with Gasteiger partial charge in [-0.3, -0.25) is 4.79 Å². The van der Waals surface area contributed by atoms with Crippen LogP contribution in [-0.4, -0.2) is 28.7 Å². The summed E-state index contributed by atoms with van der Waals surface area (Å²) in [4.78, 5) is 12.0. The molecule has 0 radical (unpaired) electrons. The van der Waals surface area contributed by atoms with Crippen molar-refractivity contribution in [3.63, 3.8) is 0 Å². The highest BCUT2D eigenvalue weighted by Crippen LogP contribution is 2.20. The molecule has 0 amide bonds. The van der Waals surface area contributed by atoms with Crippen LogP contribution in [0.3, 0.4) is 0 Å². The van der Waals surface area contributed by atoms with Crippen molar-refractivity contribution in [3.8, 4) is 0 Å². The van der Waals surface area contributed by atoms with E-state index >= 15 is 0 Å². The van der Waals surface area contributed by atoms with E-state index in [0.29, 0.717) is 0 Å². The van der Waals surface area contributed by atoms with Crippen molar-refractivity contribution in [1.29, 1.82) is 0 Å². The van der Waals surface area contributed by atoms with Crippen LogP contribution in [0.4, 0.5) is 0 Å². The Balaban J connectivity index is 4.54. The Labute approximate surface area is 108 Å². The van der Waals surface area contributed by atoms with Gasteiger partial charge in [-0.2, -0.15) is 0 Å². The lowest BCUT2D eigenvalue weighted by Crippen LogP contribution is -2.41. The number of carbonyl (C=O) groups is 1. The first-order valence-corrected chi connectivity index (χ1v) is 13.2. The van der Waals surface area contributed by atoms with Crippen LogP contribution in [0.5, 0.6) is 0 Å². The summed E-state index contributed by atoms with van der Waals surface area (Å²) in [5.74, 6) is -0.271. The molecule has 0 unspecified atom stereocenters. The quantitative estimate of drug-likeness (QED) is 0.695. The summed E-state index contributed by atoms with van der Waals surface area (Å²) in [6.45, 7) is 16.5. The third kappa shape index (κ3) is 7.73. The predicted octanol–water partition coefficient (Wildman–Crippen LogP) is 3.63. The van der Waals surface area contributed by atoms with E-state index in [1.165, 1.54) is 0 Å². The van der Waals surface area contributed by atoms with Crippen molar-refractivity contribution in [2.75, 3.05) is 0 Å². The lowest BCUT2D eigenvalue weighted by atomic mass is 10.0. The topological polar surface area (TPSA) is 35.5 Å². The molecule has 0 spiro atoms. The molecule has 0 aliphatic heterocycles. The van der Waals surface area contributed by atoms with Gasteiger partial charge in [-0.05, 0) is 52.6 Å². The molecule has 0 rings (SSSR count). The van der Waals surface area contributed by atoms with E-state index in [0.717, 1.165) is 6.42 Å². The first-order valence-electron chi connectivity index (χ1n) is 6.37. The minimum Gasteiger partial charge on any atom is -0.520 e. The SMILES string of the molecule is CC[C@@H](O[Si](C)(C)C)[C@H](C)C(=O)O[Si](C)(C)C. The third-order valence-corrected chi connectivity index (χ3v) is 4.07. The van der Waals surface area contributed by atoms with Gasteiger partial charge in [-0.25, -0.2) is 0 Å². The Morgan fingerprint density at radius 1 is 1.06 bits per heavy atom. The lowest BCUT2D eigenvalue weighted by molar-refractivity contribution is -0.142. The van der Waals surface area contributed by atoms with Crippen molar-refractivity contribution >= 4 is 22.6 Å². The van der Waals surface area contributed by atoms with E-state index in [9.17, 15) is 4.79 Å². The monoisotopic (exact) mass is 276 g/mol. The second kappa shape index (κ2) is 6.15. The van der Waals surface area contributed by atoms with Crippen molar-refractivity contribution in [2.45, 2.75) is 65.7 Å². The molecule has 0 aliphatic rings. The Kier molecular flexibility index (Phi) is 6.11. The maximum Gasteiger partial charge on any atom is 0.297 e. The first-order chi connectivity index (χ1) is 7.46. The average Bonchev–Trinajstić information content (AvgIpc) is 2.08. The average molecular weight is 277 g/mol. The molecule has 0 aliphatic carbocycles. The van der Waals surface area contributed by atoms with E-state index in [1.807, 2.05) is 26.6 Å². The molecule has 3 nitrogen and oxygen atoms in total. The van der Waals surface area contributed by atoms with Crippen molar-refractivity contribution in [1.82, 2.24) is 0 Å². The fraction of sp³-hybridized carbons (Fsp3) is 0.917. The summed E-state index contributed by atoms with van der Waals surface area (Å²) < 4.78 is 11.6. The highest BCUT2D eigenvalue weighted by atomic mass is 28.4. The fourth-order valence-corrected chi connectivity index (χ4v) is 3.61. The molecule has 2 atom stereocenters. The highest BCUT2D eigenvalue weighted by Gasteiger charge is 2.31. The largest absolute Gasteiger partial charge is 0.520 e. The summed E-state index contributed by atoms with van der Waals surface area (Å²) >= 11 is 0. The zero-order chi connectivity index (χ0) is 13.9. The Morgan fingerprint density at radius 3 is 1.82 bits per heavy atom. The van der Waals surface area contributed by atoms with Gasteiger partial charge in [0.1, 0.15) is 0 Å². The van der Waals surface area contributed by atoms with Crippen LogP contribution in [0.1, 0.15) is 20.3 Å². The molecule has 0 bridgehead atoms. The van der Waals surface area contributed by atoms with Crippen molar-refractivity contribution in [3.05, 3.63) is 0 Å². The van der Waals surface area contributed by atoms with Crippen LogP contribution in [0.25, 0.3) is 0 Å². The van der Waals surface area contributed by atoms with Gasteiger partial charge in [-0.1, -0.05) is 6.92 Å². The van der Waals surface area contributed by atoms with Crippen LogP contribution < -0.4 is 0 Å². The minimum atomic E-state index is -1.79. The van der Waals surface area contributed by atoms with Crippen molar-refractivity contribution in [2.24, 2.45) is 5.92 Å². The maximum atomic E-state index is 12.0. The molecule has 0 heterocycles. The zero-order valence-corrected chi connectivity index (χ0v) is 14.6. The van der Waals surface area contributed by atoms with E-state index in [1.54, 1.807) is 0 Å². The van der Waals surface area contributed by atoms with Crippen LogP contribution in [0.15, 0.2) is 0 Å². The van der Waals surface area contributed by atoms with Gasteiger partial charge in [0.2, 0.25) is 8.32 Å². The van der Waals surface area contributed by atoms with E-state index in [4.69, 9.17) is 8.85 Å². The number of carbonyl (C=O) groups excluding carboxylic acids is 1. The standard InChI is InChI=1S/C12H28O3Si2/c1-9-11(14-16(3,4)5)10(2)12(13)15-17(6,7)8/h10-11H,9H2,1-8H3/t10-,11+/m0/s1. The predicted molar refractivity (Wildman–Crippen MR) is 77.1 cm³/mol. The normalized spacial score (nSPS) is 16.5. The first kappa shape index (κ1) is 16.9. The lowest BCUT2D eigenvalue weighted by Gasteiger charge is -2.30. The van der Waals surface area contributed by atoms with Crippen LogP contribution >= 0.6 is 0 Å². The second-order valence-electron chi connectivity index (χ2n) is 6.50. The third-order valence-electron chi connectivity index (χ3n) is 2.24. The van der Waals surface area contributed by atoms with Gasteiger partial charge in [-0.15, -0.1) is 0 Å². The molecular weight excluding hydrogens is 248 g/mol. The van der Waals surface area contributed by atoms with Crippen LogP contribution in [0, 0.1) is 5.92 Å². The highest BCUT2D eigenvalue weighted by molar-refractivity contribution is 6.71. The molecule has 0 saturated carbocycles. The second-order valence-corrected chi connectivity index (χ2v) is 15.4. The molecule has 102 valence electrons. The van der Waals surface area contributed by atoms with E-state index in [-0.39, 0.29) is 18.0 Å². The van der Waals surface area contributed by atoms with Crippen LogP contribution in [0.2, 0.25) is 39.3 Å². The molecular formula is C12H28O3Si2. The molecule has 0 aromatic carbocycles. The fourth-order valence-electron chi connectivity index (χ4n) is 1.54. The van der Waals surface area contributed by atoms with Crippen LogP contribution in [-0.2, 0) is 13.6 Å². The van der Waals surface area contributed by atoms with E-state index < -0.39 is 16.6 Å². The van der Waals surface area contributed by atoms with Crippen molar-refractivity contribution < 1.29 is 13.6 Å². The molecule has 0 aromatic rings.